The third-order valence-electron chi connectivity index (χ3n) is 6.58. The molecule has 4 aromatic rings. The van der Waals surface area contributed by atoms with Crippen LogP contribution >= 0.6 is 27.5 Å². The van der Waals surface area contributed by atoms with Crippen molar-refractivity contribution in [3.05, 3.63) is 76.0 Å². The number of carbonyl (C=O) groups excluding carboxylic acids is 2. The van der Waals surface area contributed by atoms with Crippen LogP contribution in [0.25, 0.3) is 28.0 Å². The number of benzene rings is 2. The first-order valence-corrected chi connectivity index (χ1v) is 12.6. The zero-order valence-corrected chi connectivity index (χ0v) is 21.1. The summed E-state index contributed by atoms with van der Waals surface area (Å²) < 4.78 is 2.56. The van der Waals surface area contributed by atoms with E-state index in [9.17, 15) is 9.59 Å². The molecule has 2 aromatic heterocycles. The molecule has 7 nitrogen and oxygen atoms in total. The molecule has 0 bridgehead atoms. The third-order valence-corrected chi connectivity index (χ3v) is 7.53. The number of nitrogens with one attached hydrogen (secondary N) is 1. The molecule has 2 heterocycles. The number of nitrogens with two attached hydrogens (primary N) is 1. The van der Waals surface area contributed by atoms with E-state index in [0.29, 0.717) is 23.5 Å². The Morgan fingerprint density at radius 3 is 2.40 bits per heavy atom. The van der Waals surface area contributed by atoms with Crippen LogP contribution in [0.5, 0.6) is 0 Å². The SMILES string of the molecule is NC(=O)C1(NC(=O)c2cnn3c(-c4ccc(Cl)cc4)c(-c4ccccc4Br)cnc23)CCCCC1. The molecule has 2 amide bonds. The summed E-state index contributed by atoms with van der Waals surface area (Å²) in [4.78, 5) is 30.3. The Labute approximate surface area is 215 Å². The highest BCUT2D eigenvalue weighted by molar-refractivity contribution is 9.10. The van der Waals surface area contributed by atoms with E-state index in [-0.39, 0.29) is 5.56 Å². The lowest BCUT2D eigenvalue weighted by molar-refractivity contribution is -0.125. The van der Waals surface area contributed by atoms with Crippen LogP contribution in [0.1, 0.15) is 42.5 Å². The maximum Gasteiger partial charge on any atom is 0.257 e. The minimum absolute atomic E-state index is 0.282. The second kappa shape index (κ2) is 9.43. The van der Waals surface area contributed by atoms with E-state index in [1.165, 1.54) is 6.20 Å². The summed E-state index contributed by atoms with van der Waals surface area (Å²) in [6.07, 6.45) is 6.98. The molecule has 1 saturated carbocycles. The first-order chi connectivity index (χ1) is 16.9. The molecule has 9 heteroatoms. The number of halogens is 2. The van der Waals surface area contributed by atoms with Crippen molar-refractivity contribution in [2.24, 2.45) is 5.73 Å². The van der Waals surface area contributed by atoms with Crippen LogP contribution < -0.4 is 11.1 Å². The topological polar surface area (TPSA) is 102 Å². The average molecular weight is 553 g/mol. The Bertz CT molecular complexity index is 1430. The predicted molar refractivity (Wildman–Crippen MR) is 139 cm³/mol. The highest BCUT2D eigenvalue weighted by Crippen LogP contribution is 2.37. The van der Waals surface area contributed by atoms with Crippen LogP contribution in [0.3, 0.4) is 0 Å². The van der Waals surface area contributed by atoms with Crippen LogP contribution in [-0.4, -0.2) is 32.0 Å². The van der Waals surface area contributed by atoms with E-state index in [1.54, 1.807) is 10.7 Å². The number of aromatic nitrogens is 3. The van der Waals surface area contributed by atoms with E-state index in [2.05, 4.69) is 31.3 Å². The molecule has 1 fully saturated rings. The molecule has 0 radical (unpaired) electrons. The number of amides is 2. The Morgan fingerprint density at radius 1 is 1.00 bits per heavy atom. The lowest BCUT2D eigenvalue weighted by Gasteiger charge is -2.34. The summed E-state index contributed by atoms with van der Waals surface area (Å²) in [6.45, 7) is 0. The highest BCUT2D eigenvalue weighted by Gasteiger charge is 2.40. The molecule has 1 aliphatic rings. The number of fused-ring (bicyclic) bond motifs is 1. The van der Waals surface area contributed by atoms with Crippen LogP contribution in [-0.2, 0) is 4.79 Å². The Balaban J connectivity index is 1.65. The first-order valence-electron chi connectivity index (χ1n) is 11.4. The number of hydrogen-bond acceptors (Lipinski definition) is 4. The van der Waals surface area contributed by atoms with E-state index < -0.39 is 17.4 Å². The molecule has 0 aliphatic heterocycles. The molecule has 35 heavy (non-hydrogen) atoms. The van der Waals surface area contributed by atoms with E-state index >= 15 is 0 Å². The summed E-state index contributed by atoms with van der Waals surface area (Å²) in [5.74, 6) is -0.919. The number of primary amides is 1. The molecule has 0 saturated heterocycles. The Kier molecular flexibility index (Phi) is 6.34. The van der Waals surface area contributed by atoms with Crippen LogP contribution in [0.4, 0.5) is 0 Å². The highest BCUT2D eigenvalue weighted by atomic mass is 79.9. The van der Waals surface area contributed by atoms with Gasteiger partial charge >= 0.3 is 0 Å². The van der Waals surface area contributed by atoms with Crippen molar-refractivity contribution >= 4 is 45.0 Å². The molecule has 0 unspecified atom stereocenters. The molecular weight excluding hydrogens is 530 g/mol. The summed E-state index contributed by atoms with van der Waals surface area (Å²) in [5.41, 5.74) is 8.75. The standard InChI is InChI=1S/C26H23BrClN5O2/c27-21-7-3-2-6-18(21)19-14-30-23-20(24(34)32-26(25(29)35)12-4-1-5-13-26)15-31-33(23)22(19)16-8-10-17(28)11-9-16/h2-3,6-11,14-15H,1,4-5,12-13H2,(H2,29,35)(H,32,34). The van der Waals surface area contributed by atoms with Gasteiger partial charge in [0.05, 0.1) is 11.9 Å². The number of hydrogen-bond donors (Lipinski definition) is 2. The molecule has 5 rings (SSSR count). The van der Waals surface area contributed by atoms with Crippen molar-refractivity contribution in [1.82, 2.24) is 19.9 Å². The zero-order chi connectivity index (χ0) is 24.6. The van der Waals surface area contributed by atoms with Crippen LogP contribution in [0.2, 0.25) is 5.02 Å². The lowest BCUT2D eigenvalue weighted by atomic mass is 9.81. The fourth-order valence-electron chi connectivity index (χ4n) is 4.73. The average Bonchev–Trinajstić information content (AvgIpc) is 3.29. The maximum absolute atomic E-state index is 13.4. The summed E-state index contributed by atoms with van der Waals surface area (Å²) in [5, 5.41) is 8.08. The predicted octanol–water partition coefficient (Wildman–Crippen LogP) is 5.40. The van der Waals surface area contributed by atoms with Gasteiger partial charge in [0.25, 0.3) is 5.91 Å². The first kappa shape index (κ1) is 23.5. The zero-order valence-electron chi connectivity index (χ0n) is 18.8. The Morgan fingerprint density at radius 2 is 1.71 bits per heavy atom. The molecule has 2 aromatic carbocycles. The van der Waals surface area contributed by atoms with Crippen LogP contribution in [0.15, 0.2) is 65.4 Å². The third kappa shape index (κ3) is 4.32. The van der Waals surface area contributed by atoms with Gasteiger partial charge in [0.1, 0.15) is 11.1 Å². The Hall–Kier alpha value is -3.23. The molecule has 0 atom stereocenters. The fraction of sp³-hybridized carbons (Fsp3) is 0.231. The van der Waals surface area contributed by atoms with Gasteiger partial charge in [-0.25, -0.2) is 9.50 Å². The normalized spacial score (nSPS) is 15.1. The van der Waals surface area contributed by atoms with Gasteiger partial charge in [-0.05, 0) is 36.6 Å². The molecule has 1 aliphatic carbocycles. The number of carbonyl (C=O) groups is 2. The molecule has 3 N–H and O–H groups in total. The maximum atomic E-state index is 13.4. The van der Waals surface area contributed by atoms with Gasteiger partial charge in [0, 0.05) is 26.8 Å². The van der Waals surface area contributed by atoms with Gasteiger partial charge in [0.2, 0.25) is 5.91 Å². The lowest BCUT2D eigenvalue weighted by Crippen LogP contribution is -2.58. The van der Waals surface area contributed by atoms with E-state index in [0.717, 1.165) is 46.1 Å². The van der Waals surface area contributed by atoms with Gasteiger partial charge in [-0.2, -0.15) is 5.10 Å². The van der Waals surface area contributed by atoms with Gasteiger partial charge in [-0.15, -0.1) is 0 Å². The van der Waals surface area contributed by atoms with Gasteiger partial charge in [-0.1, -0.05) is 77.1 Å². The summed E-state index contributed by atoms with van der Waals surface area (Å²) in [6, 6.07) is 15.3. The van der Waals surface area contributed by atoms with Gasteiger partial charge < -0.3 is 11.1 Å². The number of rotatable bonds is 5. The second-order valence-corrected chi connectivity index (χ2v) is 10.1. The van der Waals surface area contributed by atoms with Crippen molar-refractivity contribution in [1.29, 1.82) is 0 Å². The van der Waals surface area contributed by atoms with Crippen molar-refractivity contribution < 1.29 is 9.59 Å². The van der Waals surface area contributed by atoms with Crippen molar-refractivity contribution in [2.75, 3.05) is 0 Å². The van der Waals surface area contributed by atoms with Crippen molar-refractivity contribution in [3.8, 4) is 22.4 Å². The van der Waals surface area contributed by atoms with Gasteiger partial charge in [0.15, 0.2) is 5.65 Å². The minimum atomic E-state index is -1.04. The monoisotopic (exact) mass is 551 g/mol. The second-order valence-electron chi connectivity index (χ2n) is 8.76. The van der Waals surface area contributed by atoms with Crippen molar-refractivity contribution in [3.63, 3.8) is 0 Å². The molecule has 178 valence electrons. The van der Waals surface area contributed by atoms with E-state index in [1.807, 2.05) is 48.5 Å². The number of nitrogens with zero attached hydrogens (tertiary/aromatic N) is 3. The van der Waals surface area contributed by atoms with Gasteiger partial charge in [-0.3, -0.25) is 9.59 Å². The molecular formula is C26H23BrClN5O2. The van der Waals surface area contributed by atoms with E-state index in [4.69, 9.17) is 17.3 Å². The summed E-state index contributed by atoms with van der Waals surface area (Å²) in [7, 11) is 0. The molecule has 0 spiro atoms. The smallest absolute Gasteiger partial charge is 0.257 e. The van der Waals surface area contributed by atoms with Crippen molar-refractivity contribution in [2.45, 2.75) is 37.6 Å². The van der Waals surface area contributed by atoms with Crippen LogP contribution in [0, 0.1) is 0 Å². The minimum Gasteiger partial charge on any atom is -0.368 e. The largest absolute Gasteiger partial charge is 0.368 e. The quantitative estimate of drug-likeness (QED) is 0.346. The fourth-order valence-corrected chi connectivity index (χ4v) is 5.35. The summed E-state index contributed by atoms with van der Waals surface area (Å²) >= 11 is 9.78.